The molecule has 0 N–H and O–H groups in total. The second-order valence-corrected chi connectivity index (χ2v) is 3.14. The lowest BCUT2D eigenvalue weighted by Crippen LogP contribution is -1.85. The summed E-state index contributed by atoms with van der Waals surface area (Å²) < 4.78 is 12.8. The molecule has 0 aliphatic rings. The lowest BCUT2D eigenvalue weighted by atomic mass is 10.1. The molecule has 88 valence electrons. The predicted molar refractivity (Wildman–Crippen MR) is 67.8 cm³/mol. The summed E-state index contributed by atoms with van der Waals surface area (Å²) in [6.45, 7) is 12.0. The molecule has 0 heterocycles. The summed E-state index contributed by atoms with van der Waals surface area (Å²) in [5, 5.41) is 0. The van der Waals surface area contributed by atoms with E-state index >= 15 is 0 Å². The molecule has 1 rings (SSSR count). The van der Waals surface area contributed by atoms with E-state index < -0.39 is 0 Å². The van der Waals surface area contributed by atoms with E-state index in [9.17, 15) is 4.39 Å². The Balaban J connectivity index is 0. The van der Waals surface area contributed by atoms with E-state index in [0.29, 0.717) is 0 Å². The fourth-order valence-electron chi connectivity index (χ4n) is 0.856. The zero-order valence-corrected chi connectivity index (χ0v) is 11.0. The van der Waals surface area contributed by atoms with Crippen molar-refractivity contribution < 1.29 is 4.39 Å². The smallest absolute Gasteiger partial charge is 0.126 e. The third-order valence-electron chi connectivity index (χ3n) is 1.64. The van der Waals surface area contributed by atoms with Crippen LogP contribution in [0.15, 0.2) is 18.2 Å². The Labute approximate surface area is 94.5 Å². The van der Waals surface area contributed by atoms with Gasteiger partial charge in [0.1, 0.15) is 5.82 Å². The average molecular weight is 212 g/mol. The van der Waals surface area contributed by atoms with Crippen LogP contribution in [0.2, 0.25) is 0 Å². The lowest BCUT2D eigenvalue weighted by molar-refractivity contribution is 0.616. The van der Waals surface area contributed by atoms with Crippen molar-refractivity contribution in [3.63, 3.8) is 0 Å². The molecule has 0 amide bonds. The van der Waals surface area contributed by atoms with Crippen molar-refractivity contribution in [1.29, 1.82) is 0 Å². The molecule has 0 saturated carbocycles. The molecule has 0 aliphatic carbocycles. The molecule has 1 aromatic rings. The highest BCUT2D eigenvalue weighted by Gasteiger charge is 1.95. The van der Waals surface area contributed by atoms with Crippen molar-refractivity contribution in [2.75, 3.05) is 0 Å². The Morgan fingerprint density at radius 3 is 1.87 bits per heavy atom. The standard InChI is InChI=1S/C9H11F.C3H8.C2H6/c1-3-8-5-4-7(2)9(10)6-8;1-3-2;1-2/h4-6H,3H2,1-2H3;3H2,1-2H3;1-2H3. The molecule has 1 heteroatoms. The molecule has 0 spiro atoms. The van der Waals surface area contributed by atoms with Crippen LogP contribution in [-0.2, 0) is 6.42 Å². The topological polar surface area (TPSA) is 0 Å². The molecule has 0 aromatic heterocycles. The molecule has 0 radical (unpaired) electrons. The van der Waals surface area contributed by atoms with Crippen LogP contribution < -0.4 is 0 Å². The first kappa shape index (κ1) is 16.6. The number of hydrogen-bond acceptors (Lipinski definition) is 0. The van der Waals surface area contributed by atoms with Crippen LogP contribution in [0.4, 0.5) is 4.39 Å². The number of halogens is 1. The van der Waals surface area contributed by atoms with Crippen molar-refractivity contribution in [3.8, 4) is 0 Å². The quantitative estimate of drug-likeness (QED) is 0.604. The molecular weight excluding hydrogens is 187 g/mol. The first-order valence-electron chi connectivity index (χ1n) is 5.90. The van der Waals surface area contributed by atoms with E-state index in [1.54, 1.807) is 13.0 Å². The van der Waals surface area contributed by atoms with E-state index in [1.807, 2.05) is 32.9 Å². The normalized spacial score (nSPS) is 8.20. The van der Waals surface area contributed by atoms with Gasteiger partial charge in [-0.2, -0.15) is 0 Å². The van der Waals surface area contributed by atoms with Gasteiger partial charge in [-0.25, -0.2) is 4.39 Å². The Kier molecular flexibility index (Phi) is 12.4. The van der Waals surface area contributed by atoms with Gasteiger partial charge in [-0.15, -0.1) is 0 Å². The largest absolute Gasteiger partial charge is 0.207 e. The molecule has 0 unspecified atom stereocenters. The average Bonchev–Trinajstić information content (AvgIpc) is 2.26. The van der Waals surface area contributed by atoms with Crippen molar-refractivity contribution in [1.82, 2.24) is 0 Å². The third-order valence-corrected chi connectivity index (χ3v) is 1.64. The van der Waals surface area contributed by atoms with Gasteiger partial charge < -0.3 is 0 Å². The predicted octanol–water partition coefficient (Wildman–Crippen LogP) is 5.14. The zero-order valence-electron chi connectivity index (χ0n) is 11.0. The summed E-state index contributed by atoms with van der Waals surface area (Å²) in [6.07, 6.45) is 2.15. The molecule has 0 aliphatic heterocycles. The lowest BCUT2D eigenvalue weighted by Gasteiger charge is -1.98. The summed E-state index contributed by atoms with van der Waals surface area (Å²) in [7, 11) is 0. The van der Waals surface area contributed by atoms with Gasteiger partial charge in [-0.3, -0.25) is 0 Å². The molecule has 15 heavy (non-hydrogen) atoms. The number of benzene rings is 1. The molecule has 0 bridgehead atoms. The Hall–Kier alpha value is -0.850. The summed E-state index contributed by atoms with van der Waals surface area (Å²) in [5.74, 6) is -0.0978. The third kappa shape index (κ3) is 8.17. The zero-order chi connectivity index (χ0) is 12.3. The maximum atomic E-state index is 12.8. The fraction of sp³-hybridized carbons (Fsp3) is 0.571. The van der Waals surface area contributed by atoms with E-state index in [0.717, 1.165) is 17.5 Å². The van der Waals surface area contributed by atoms with Crippen LogP contribution in [0.5, 0.6) is 0 Å². The van der Waals surface area contributed by atoms with E-state index in [1.165, 1.54) is 6.42 Å². The minimum Gasteiger partial charge on any atom is -0.207 e. The molecule has 0 nitrogen and oxygen atoms in total. The highest BCUT2D eigenvalue weighted by Crippen LogP contribution is 2.08. The summed E-state index contributed by atoms with van der Waals surface area (Å²) >= 11 is 0. The highest BCUT2D eigenvalue weighted by atomic mass is 19.1. The molecule has 0 fully saturated rings. The van der Waals surface area contributed by atoms with Crippen LogP contribution in [-0.4, -0.2) is 0 Å². The van der Waals surface area contributed by atoms with E-state index in [2.05, 4.69) is 13.8 Å². The molecule has 0 saturated heterocycles. The van der Waals surface area contributed by atoms with Crippen LogP contribution in [0, 0.1) is 12.7 Å². The maximum Gasteiger partial charge on any atom is 0.126 e. The van der Waals surface area contributed by atoms with Crippen molar-refractivity contribution in [2.24, 2.45) is 0 Å². The van der Waals surface area contributed by atoms with Gasteiger partial charge in [0.15, 0.2) is 0 Å². The van der Waals surface area contributed by atoms with Crippen molar-refractivity contribution >= 4 is 0 Å². The molecule has 1 aromatic carbocycles. The summed E-state index contributed by atoms with van der Waals surface area (Å²) in [4.78, 5) is 0. The fourth-order valence-corrected chi connectivity index (χ4v) is 0.856. The monoisotopic (exact) mass is 212 g/mol. The maximum absolute atomic E-state index is 12.8. The van der Waals surface area contributed by atoms with Crippen molar-refractivity contribution in [2.45, 2.75) is 54.4 Å². The van der Waals surface area contributed by atoms with Gasteiger partial charge in [0.2, 0.25) is 0 Å². The number of hydrogen-bond donors (Lipinski definition) is 0. The molecule has 0 atom stereocenters. The van der Waals surface area contributed by atoms with Gasteiger partial charge in [0, 0.05) is 0 Å². The first-order chi connectivity index (χ1) is 7.15. The minimum atomic E-state index is -0.0978. The highest BCUT2D eigenvalue weighted by molar-refractivity contribution is 5.22. The SMILES string of the molecule is CC.CCC.CCc1ccc(C)c(F)c1. The van der Waals surface area contributed by atoms with Gasteiger partial charge >= 0.3 is 0 Å². The van der Waals surface area contributed by atoms with Gasteiger partial charge in [0.05, 0.1) is 0 Å². The second kappa shape index (κ2) is 11.2. The second-order valence-electron chi connectivity index (χ2n) is 3.14. The number of aryl methyl sites for hydroxylation is 2. The van der Waals surface area contributed by atoms with Crippen LogP contribution in [0.1, 0.15) is 52.2 Å². The Morgan fingerprint density at radius 2 is 1.53 bits per heavy atom. The summed E-state index contributed by atoms with van der Waals surface area (Å²) in [5.41, 5.74) is 1.78. The number of rotatable bonds is 1. The minimum absolute atomic E-state index is 0.0978. The summed E-state index contributed by atoms with van der Waals surface area (Å²) in [6, 6.07) is 5.36. The Morgan fingerprint density at radius 1 is 1.07 bits per heavy atom. The Bertz CT molecular complexity index is 241. The van der Waals surface area contributed by atoms with Crippen molar-refractivity contribution in [3.05, 3.63) is 35.1 Å². The van der Waals surface area contributed by atoms with E-state index in [4.69, 9.17) is 0 Å². The van der Waals surface area contributed by atoms with Crippen LogP contribution in [0.3, 0.4) is 0 Å². The van der Waals surface area contributed by atoms with Gasteiger partial charge in [-0.05, 0) is 30.5 Å². The first-order valence-corrected chi connectivity index (χ1v) is 5.90. The van der Waals surface area contributed by atoms with E-state index in [-0.39, 0.29) is 5.82 Å². The van der Waals surface area contributed by atoms with Gasteiger partial charge in [0.25, 0.3) is 0 Å². The van der Waals surface area contributed by atoms with Gasteiger partial charge in [-0.1, -0.05) is 53.2 Å². The molecular formula is C14H25F. The van der Waals surface area contributed by atoms with Crippen LogP contribution in [0.25, 0.3) is 0 Å². The van der Waals surface area contributed by atoms with Crippen LogP contribution >= 0.6 is 0 Å².